The Morgan fingerprint density at radius 2 is 1.70 bits per heavy atom. The molecule has 2 N–H and O–H groups in total. The number of amides is 1. The molecule has 0 bridgehead atoms. The average Bonchev–Trinajstić information content (AvgIpc) is 2.96. The van der Waals surface area contributed by atoms with E-state index in [1.54, 1.807) is 24.3 Å². The molecule has 1 aliphatic rings. The molecule has 1 fully saturated rings. The normalized spacial score (nSPS) is 15.3. The van der Waals surface area contributed by atoms with Gasteiger partial charge in [0, 0.05) is 56.6 Å². The van der Waals surface area contributed by atoms with Crippen LogP contribution in [-0.2, 0) is 5.41 Å². The first-order chi connectivity index (χ1) is 20.3. The number of thioether (sulfide) groups is 1. The van der Waals surface area contributed by atoms with E-state index in [1.165, 1.54) is 11.6 Å². The molecule has 0 radical (unpaired) electrons. The van der Waals surface area contributed by atoms with Crippen molar-refractivity contribution in [2.24, 2.45) is 5.92 Å². The highest BCUT2D eigenvalue weighted by atomic mass is 35.5. The van der Waals surface area contributed by atoms with Crippen LogP contribution in [0.3, 0.4) is 0 Å². The number of carbonyl (C=O) groups is 1. The second-order valence-corrected chi connectivity index (χ2v) is 14.3. The molecule has 0 saturated carbocycles. The summed E-state index contributed by atoms with van der Waals surface area (Å²) in [7, 11) is 0. The van der Waals surface area contributed by atoms with Gasteiger partial charge in [0.15, 0.2) is 0 Å². The number of thiol groups is 1. The molecule has 1 unspecified atom stereocenters. The molecule has 0 spiro atoms. The summed E-state index contributed by atoms with van der Waals surface area (Å²) in [5, 5.41) is 3.81. The number of carbonyl (C=O) groups excluding carboxylic acids is 1. The van der Waals surface area contributed by atoms with Crippen LogP contribution >= 0.6 is 47.9 Å². The van der Waals surface area contributed by atoms with E-state index in [0.29, 0.717) is 27.8 Å². The van der Waals surface area contributed by atoms with Crippen molar-refractivity contribution in [2.75, 3.05) is 29.1 Å². The van der Waals surface area contributed by atoms with Gasteiger partial charge in [-0.15, -0.1) is 0 Å². The summed E-state index contributed by atoms with van der Waals surface area (Å²) in [6.07, 6.45) is 3.32. The number of piperidine rings is 1. The zero-order valence-electron chi connectivity index (χ0n) is 24.4. The highest BCUT2D eigenvalue weighted by molar-refractivity contribution is 8.00. The Morgan fingerprint density at radius 1 is 1.05 bits per heavy atom. The Morgan fingerprint density at radius 3 is 2.30 bits per heavy atom. The van der Waals surface area contributed by atoms with Crippen molar-refractivity contribution in [3.63, 3.8) is 0 Å². The summed E-state index contributed by atoms with van der Waals surface area (Å²) < 4.78 is 42.3. The van der Waals surface area contributed by atoms with E-state index in [0.717, 1.165) is 55.0 Å². The topological polar surface area (TPSA) is 44.4 Å². The van der Waals surface area contributed by atoms with E-state index in [4.69, 9.17) is 11.6 Å². The highest BCUT2D eigenvalue weighted by Crippen LogP contribution is 2.42. The summed E-state index contributed by atoms with van der Waals surface area (Å²) in [4.78, 5) is 15.7. The largest absolute Gasteiger partial charge is 0.446 e. The first-order valence-electron chi connectivity index (χ1n) is 14.2. The highest BCUT2D eigenvalue weighted by Gasteiger charge is 2.31. The molecule has 4 nitrogen and oxygen atoms in total. The lowest BCUT2D eigenvalue weighted by atomic mass is 9.74. The number of rotatable bonds is 11. The molecule has 3 aromatic rings. The van der Waals surface area contributed by atoms with Crippen molar-refractivity contribution in [1.29, 1.82) is 0 Å². The number of nitrogens with one attached hydrogen (secondary N) is 2. The van der Waals surface area contributed by atoms with Gasteiger partial charge in [-0.05, 0) is 121 Å². The van der Waals surface area contributed by atoms with Crippen molar-refractivity contribution >= 4 is 65.2 Å². The fourth-order valence-corrected chi connectivity index (χ4v) is 6.93. The van der Waals surface area contributed by atoms with Crippen LogP contribution in [0.1, 0.15) is 56.0 Å². The fourth-order valence-electron chi connectivity index (χ4n) is 5.33. The molecule has 1 aliphatic heterocycles. The number of alkyl halides is 3. The molecule has 232 valence electrons. The summed E-state index contributed by atoms with van der Waals surface area (Å²) in [6.45, 7) is 8.35. The second-order valence-electron chi connectivity index (χ2n) is 11.5. The van der Waals surface area contributed by atoms with Gasteiger partial charge in [-0.3, -0.25) is 9.52 Å². The minimum atomic E-state index is -4.43. The Labute approximate surface area is 271 Å². The molecule has 0 aromatic heterocycles. The van der Waals surface area contributed by atoms with Crippen LogP contribution in [0.15, 0.2) is 76.5 Å². The van der Waals surface area contributed by atoms with Gasteiger partial charge in [-0.25, -0.2) is 0 Å². The number of nitrogens with zero attached hydrogens (tertiary/aromatic N) is 1. The van der Waals surface area contributed by atoms with Crippen LogP contribution in [0.4, 0.5) is 24.5 Å². The van der Waals surface area contributed by atoms with Crippen LogP contribution in [0.2, 0.25) is 5.02 Å². The predicted octanol–water partition coefficient (Wildman–Crippen LogP) is 9.70. The van der Waals surface area contributed by atoms with Crippen LogP contribution in [-0.4, -0.2) is 36.3 Å². The molecule has 1 heterocycles. The van der Waals surface area contributed by atoms with Crippen molar-refractivity contribution in [3.8, 4) is 0 Å². The monoisotopic (exact) mass is 667 g/mol. The molecule has 3 aromatic carbocycles. The van der Waals surface area contributed by atoms with Crippen molar-refractivity contribution in [3.05, 3.63) is 82.9 Å². The summed E-state index contributed by atoms with van der Waals surface area (Å²) in [5.41, 5.74) is -1.11. The van der Waals surface area contributed by atoms with E-state index in [2.05, 4.69) is 53.5 Å². The standard InChI is InChI=1S/C32H37ClF3N3OS3/c1-21(20-41)37-28-13-12-27(18-29(28)42-32(34,35)36)43-38-30(40)23-4-10-26(11-5-23)39-16-14-22(15-17-39)19-31(2,3)24-6-8-25(33)9-7-24/h4-13,18,21-22,37,41H,14-17,19-20H2,1-3H3,(H,38,40). The lowest BCUT2D eigenvalue weighted by Crippen LogP contribution is -2.35. The maximum absolute atomic E-state index is 13.2. The molecule has 4 rings (SSSR count). The van der Waals surface area contributed by atoms with Gasteiger partial charge in [0.05, 0.1) is 0 Å². The summed E-state index contributed by atoms with van der Waals surface area (Å²) in [5.74, 6) is 0.800. The van der Waals surface area contributed by atoms with Gasteiger partial charge < -0.3 is 10.2 Å². The molecule has 0 aliphatic carbocycles. The molecule has 1 saturated heterocycles. The molecule has 1 atom stereocenters. The van der Waals surface area contributed by atoms with Gasteiger partial charge in [-0.2, -0.15) is 25.8 Å². The zero-order chi connectivity index (χ0) is 31.2. The van der Waals surface area contributed by atoms with E-state index in [9.17, 15) is 18.0 Å². The number of benzene rings is 3. The Hall–Kier alpha value is -2.14. The maximum atomic E-state index is 13.2. The van der Waals surface area contributed by atoms with Gasteiger partial charge in [-0.1, -0.05) is 37.6 Å². The molecular formula is C32H37ClF3N3OS3. The maximum Gasteiger partial charge on any atom is 0.446 e. The predicted molar refractivity (Wildman–Crippen MR) is 179 cm³/mol. The number of halogens is 4. The molecular weight excluding hydrogens is 631 g/mol. The molecule has 1 amide bonds. The third kappa shape index (κ3) is 9.93. The van der Waals surface area contributed by atoms with Crippen LogP contribution in [0.5, 0.6) is 0 Å². The SMILES string of the molecule is CC(CS)Nc1ccc(SNC(=O)c2ccc(N3CCC(CC(C)(C)c4ccc(Cl)cc4)CC3)cc2)cc1SC(F)(F)F. The Balaban J connectivity index is 1.30. The molecule has 43 heavy (non-hydrogen) atoms. The molecule has 11 heteroatoms. The first-order valence-corrected chi connectivity index (χ1v) is 16.8. The zero-order valence-corrected chi connectivity index (χ0v) is 27.7. The van der Waals surface area contributed by atoms with Gasteiger partial charge in [0.25, 0.3) is 5.91 Å². The van der Waals surface area contributed by atoms with E-state index < -0.39 is 5.51 Å². The summed E-state index contributed by atoms with van der Waals surface area (Å²) >= 11 is 11.1. The lowest BCUT2D eigenvalue weighted by Gasteiger charge is -2.37. The minimum Gasteiger partial charge on any atom is -0.381 e. The summed E-state index contributed by atoms with van der Waals surface area (Å²) in [6, 6.07) is 20.3. The quantitative estimate of drug-likeness (QED) is 0.108. The minimum absolute atomic E-state index is 0.0436. The second kappa shape index (κ2) is 14.8. The Kier molecular flexibility index (Phi) is 11.6. The van der Waals surface area contributed by atoms with Crippen molar-refractivity contribution in [1.82, 2.24) is 4.72 Å². The van der Waals surface area contributed by atoms with Gasteiger partial charge >= 0.3 is 5.51 Å². The third-order valence-electron chi connectivity index (χ3n) is 7.65. The smallest absolute Gasteiger partial charge is 0.381 e. The van der Waals surface area contributed by atoms with E-state index in [-0.39, 0.29) is 34.0 Å². The van der Waals surface area contributed by atoms with E-state index >= 15 is 0 Å². The van der Waals surface area contributed by atoms with Gasteiger partial charge in [0.1, 0.15) is 0 Å². The Bertz CT molecular complexity index is 1360. The fraction of sp³-hybridized carbons (Fsp3) is 0.406. The number of anilines is 2. The average molecular weight is 668 g/mol. The first kappa shape index (κ1) is 33.7. The van der Waals surface area contributed by atoms with Gasteiger partial charge in [0.2, 0.25) is 0 Å². The number of hydrogen-bond donors (Lipinski definition) is 3. The van der Waals surface area contributed by atoms with Crippen molar-refractivity contribution in [2.45, 2.75) is 66.8 Å². The van der Waals surface area contributed by atoms with Crippen LogP contribution in [0, 0.1) is 5.92 Å². The van der Waals surface area contributed by atoms with Crippen LogP contribution < -0.4 is 14.9 Å². The number of hydrogen-bond acceptors (Lipinski definition) is 6. The third-order valence-corrected chi connectivity index (χ3v) is 10.0. The van der Waals surface area contributed by atoms with Crippen LogP contribution in [0.25, 0.3) is 0 Å². The van der Waals surface area contributed by atoms with E-state index in [1.807, 2.05) is 31.2 Å². The van der Waals surface area contributed by atoms with Crippen molar-refractivity contribution < 1.29 is 18.0 Å². The lowest BCUT2D eigenvalue weighted by molar-refractivity contribution is -0.0328.